The Morgan fingerprint density at radius 3 is 2.40 bits per heavy atom. The fourth-order valence-corrected chi connectivity index (χ4v) is 5.12. The number of urea groups is 1. The predicted octanol–water partition coefficient (Wildman–Crippen LogP) is 5.82. The van der Waals surface area contributed by atoms with Crippen LogP contribution in [0.3, 0.4) is 0 Å². The average molecular weight is 578 g/mol. The molecule has 0 heterocycles. The van der Waals surface area contributed by atoms with E-state index in [1.165, 1.54) is 17.2 Å². The first-order valence-corrected chi connectivity index (χ1v) is 15.0. The molecule has 2 amide bonds. The lowest BCUT2D eigenvalue weighted by Crippen LogP contribution is -2.29. The van der Waals surface area contributed by atoms with E-state index in [9.17, 15) is 20.1 Å². The number of aliphatic hydroxyl groups is 2. The maximum Gasteiger partial charge on any atom is 0.316 e. The third-order valence-electron chi connectivity index (χ3n) is 7.26. The molecule has 8 nitrogen and oxygen atoms in total. The first-order chi connectivity index (χ1) is 20.3. The molecule has 0 bridgehead atoms. The van der Waals surface area contributed by atoms with Gasteiger partial charge in [-0.05, 0) is 92.1 Å². The van der Waals surface area contributed by atoms with Crippen molar-refractivity contribution in [2.24, 2.45) is 5.73 Å². The third-order valence-corrected chi connectivity index (χ3v) is 7.26. The maximum absolute atomic E-state index is 11.1. The van der Waals surface area contributed by atoms with Crippen LogP contribution in [0.15, 0.2) is 66.7 Å². The Morgan fingerprint density at radius 1 is 0.929 bits per heavy atom. The molecule has 0 aliphatic heterocycles. The van der Waals surface area contributed by atoms with Crippen LogP contribution >= 0.6 is 0 Å². The summed E-state index contributed by atoms with van der Waals surface area (Å²) in [5.41, 5.74) is 10.6. The Hall–Kier alpha value is -3.43. The van der Waals surface area contributed by atoms with Gasteiger partial charge in [-0.25, -0.2) is 4.79 Å². The molecular weight excluding hydrogens is 530 g/mol. The van der Waals surface area contributed by atoms with Gasteiger partial charge in [-0.1, -0.05) is 55.3 Å². The molecule has 3 rings (SSSR count). The summed E-state index contributed by atoms with van der Waals surface area (Å²) < 4.78 is 5.85. The van der Waals surface area contributed by atoms with Crippen molar-refractivity contribution in [3.05, 3.63) is 94.5 Å². The molecule has 0 aromatic heterocycles. The fraction of sp³-hybridized carbons (Fsp3) is 0.441. The number of nitrogens with zero attached hydrogens (tertiary/aromatic N) is 1. The summed E-state index contributed by atoms with van der Waals surface area (Å²) in [6.45, 7) is 5.34. The molecule has 0 saturated carbocycles. The van der Waals surface area contributed by atoms with Crippen LogP contribution in [0.4, 0.5) is 10.5 Å². The summed E-state index contributed by atoms with van der Waals surface area (Å²) in [5, 5.41) is 32.9. The first kappa shape index (κ1) is 33.1. The van der Waals surface area contributed by atoms with Crippen molar-refractivity contribution in [1.29, 1.82) is 0 Å². The number of aryl methyl sites for hydroxylation is 2. The second-order valence-corrected chi connectivity index (χ2v) is 11.0. The molecule has 0 unspecified atom stereocenters. The highest BCUT2D eigenvalue weighted by Crippen LogP contribution is 2.24. The Balaban J connectivity index is 1.32. The summed E-state index contributed by atoms with van der Waals surface area (Å²) in [4.78, 5) is 13.4. The SMILES string of the molecule is Cc1cc(CCCCOCCCCCCN(Cc2ccccc2)C[C@@H](O)c2ccc(O)c(CO)c2)cc(NC(N)=O)c1. The van der Waals surface area contributed by atoms with Gasteiger partial charge in [-0.15, -0.1) is 0 Å². The zero-order valence-electron chi connectivity index (χ0n) is 24.8. The highest BCUT2D eigenvalue weighted by Gasteiger charge is 2.16. The van der Waals surface area contributed by atoms with E-state index < -0.39 is 12.1 Å². The van der Waals surface area contributed by atoms with Crippen molar-refractivity contribution >= 4 is 11.7 Å². The number of anilines is 1. The monoisotopic (exact) mass is 577 g/mol. The molecule has 0 aliphatic carbocycles. The number of amides is 2. The van der Waals surface area contributed by atoms with Crippen LogP contribution in [0.2, 0.25) is 0 Å². The number of aliphatic hydroxyl groups excluding tert-OH is 2. The molecule has 3 aromatic carbocycles. The van der Waals surface area contributed by atoms with Crippen molar-refractivity contribution in [3.8, 4) is 5.75 Å². The lowest BCUT2D eigenvalue weighted by Gasteiger charge is -2.26. The van der Waals surface area contributed by atoms with E-state index in [0.29, 0.717) is 17.7 Å². The van der Waals surface area contributed by atoms with Crippen molar-refractivity contribution in [3.63, 3.8) is 0 Å². The van der Waals surface area contributed by atoms with Gasteiger partial charge in [0.05, 0.1) is 12.7 Å². The number of carbonyl (C=O) groups excluding carboxylic acids is 1. The number of nitrogens with two attached hydrogens (primary N) is 1. The second-order valence-electron chi connectivity index (χ2n) is 11.0. The van der Waals surface area contributed by atoms with Crippen LogP contribution in [0.5, 0.6) is 5.75 Å². The predicted molar refractivity (Wildman–Crippen MR) is 167 cm³/mol. The minimum absolute atomic E-state index is 0.0374. The topological polar surface area (TPSA) is 128 Å². The molecule has 8 heteroatoms. The number of carbonyl (C=O) groups is 1. The first-order valence-electron chi connectivity index (χ1n) is 15.0. The number of primary amides is 1. The standard InChI is InChI=1S/C34H47N3O5/c1-26-19-28(21-31(20-26)36-34(35)41)13-7-10-18-42-17-9-3-2-8-16-37(23-27-11-5-4-6-12-27)24-33(40)29-14-15-32(39)30(22-29)25-38/h4-6,11-12,14-15,19-22,33,38-40H,2-3,7-10,13,16-18,23-25H2,1H3,(H3,35,36,41)/t33-/m1/s1. The summed E-state index contributed by atoms with van der Waals surface area (Å²) in [7, 11) is 0. The number of hydrogen-bond acceptors (Lipinski definition) is 6. The van der Waals surface area contributed by atoms with Gasteiger partial charge in [0.25, 0.3) is 0 Å². The van der Waals surface area contributed by atoms with E-state index in [4.69, 9.17) is 10.5 Å². The Bertz CT molecular complexity index is 1220. The molecule has 0 radical (unpaired) electrons. The van der Waals surface area contributed by atoms with E-state index in [0.717, 1.165) is 82.5 Å². The molecule has 0 fully saturated rings. The minimum Gasteiger partial charge on any atom is -0.508 e. The number of benzene rings is 3. The van der Waals surface area contributed by atoms with Crippen LogP contribution in [0, 0.1) is 6.92 Å². The summed E-state index contributed by atoms with van der Waals surface area (Å²) in [5.74, 6) is 0.0374. The van der Waals surface area contributed by atoms with E-state index in [2.05, 4.69) is 28.4 Å². The molecule has 42 heavy (non-hydrogen) atoms. The third kappa shape index (κ3) is 12.2. The van der Waals surface area contributed by atoms with Crippen molar-refractivity contribution < 1.29 is 24.9 Å². The highest BCUT2D eigenvalue weighted by atomic mass is 16.5. The van der Waals surface area contributed by atoms with Gasteiger partial charge < -0.3 is 31.1 Å². The number of rotatable bonds is 19. The van der Waals surface area contributed by atoms with E-state index in [-0.39, 0.29) is 12.4 Å². The molecule has 6 N–H and O–H groups in total. The molecule has 0 spiro atoms. The molecule has 3 aromatic rings. The number of phenols is 1. The van der Waals surface area contributed by atoms with E-state index in [1.807, 2.05) is 37.3 Å². The molecule has 0 saturated heterocycles. The Labute approximate surface area is 250 Å². The van der Waals surface area contributed by atoms with Gasteiger partial charge in [0.15, 0.2) is 0 Å². The smallest absolute Gasteiger partial charge is 0.316 e. The van der Waals surface area contributed by atoms with Crippen LogP contribution in [0.25, 0.3) is 0 Å². The van der Waals surface area contributed by atoms with E-state index >= 15 is 0 Å². The lowest BCUT2D eigenvalue weighted by molar-refractivity contribution is 0.106. The van der Waals surface area contributed by atoms with Gasteiger partial charge in [-0.2, -0.15) is 0 Å². The fourth-order valence-electron chi connectivity index (χ4n) is 5.12. The Morgan fingerprint density at radius 2 is 1.67 bits per heavy atom. The molecular formula is C34H47N3O5. The van der Waals surface area contributed by atoms with Gasteiger partial charge >= 0.3 is 6.03 Å². The lowest BCUT2D eigenvalue weighted by atomic mass is 10.0. The minimum atomic E-state index is -0.715. The van der Waals surface area contributed by atoms with Crippen LogP contribution in [-0.4, -0.2) is 52.6 Å². The van der Waals surface area contributed by atoms with Crippen molar-refractivity contribution in [2.45, 2.75) is 71.1 Å². The molecule has 1 atom stereocenters. The van der Waals surface area contributed by atoms with Crippen molar-refractivity contribution in [1.82, 2.24) is 4.90 Å². The Kier molecular flexibility index (Phi) is 14.3. The number of nitrogens with one attached hydrogen (secondary N) is 1. The largest absolute Gasteiger partial charge is 0.508 e. The van der Waals surface area contributed by atoms with Crippen molar-refractivity contribution in [2.75, 3.05) is 31.6 Å². The van der Waals surface area contributed by atoms with Gasteiger partial charge in [-0.3, -0.25) is 4.90 Å². The highest BCUT2D eigenvalue weighted by molar-refractivity contribution is 5.87. The van der Waals surface area contributed by atoms with Gasteiger partial charge in [0, 0.05) is 37.6 Å². The number of unbranched alkanes of at least 4 members (excludes halogenated alkanes) is 4. The average Bonchev–Trinajstić information content (AvgIpc) is 2.96. The van der Waals surface area contributed by atoms with E-state index in [1.54, 1.807) is 12.1 Å². The number of ether oxygens (including phenoxy) is 1. The molecule has 228 valence electrons. The van der Waals surface area contributed by atoms with Gasteiger partial charge in [0.1, 0.15) is 5.75 Å². The maximum atomic E-state index is 11.1. The zero-order valence-corrected chi connectivity index (χ0v) is 24.8. The second kappa shape index (κ2) is 18.2. The van der Waals surface area contributed by atoms with Gasteiger partial charge in [0.2, 0.25) is 0 Å². The zero-order chi connectivity index (χ0) is 30.2. The quantitative estimate of drug-likeness (QED) is 0.114. The summed E-state index contributed by atoms with van der Waals surface area (Å²) in [6, 6.07) is 20.6. The number of aromatic hydroxyl groups is 1. The molecule has 0 aliphatic rings. The van der Waals surface area contributed by atoms with Crippen LogP contribution < -0.4 is 11.1 Å². The number of hydrogen-bond donors (Lipinski definition) is 5. The summed E-state index contributed by atoms with van der Waals surface area (Å²) >= 11 is 0. The van der Waals surface area contributed by atoms with Crippen LogP contribution in [-0.2, 0) is 24.3 Å². The summed E-state index contributed by atoms with van der Waals surface area (Å²) in [6.07, 6.45) is 6.47. The normalized spacial score (nSPS) is 12.0. The van der Waals surface area contributed by atoms with Crippen LogP contribution in [0.1, 0.15) is 72.4 Å².